The summed E-state index contributed by atoms with van der Waals surface area (Å²) in [4.78, 5) is 26.5. The summed E-state index contributed by atoms with van der Waals surface area (Å²) in [5, 5.41) is 5.53. The summed E-state index contributed by atoms with van der Waals surface area (Å²) in [6, 6.07) is 9.88. The molecule has 22 heavy (non-hydrogen) atoms. The van der Waals surface area contributed by atoms with Crippen molar-refractivity contribution >= 4 is 23.7 Å². The fourth-order valence-corrected chi connectivity index (χ4v) is 3.11. The molecule has 0 aliphatic carbocycles. The number of thioether (sulfide) groups is 1. The SMILES string of the molecule is O=C(NCCSc1ccccc1)NCCC(=O)N1CCCC1. The molecule has 0 bridgehead atoms. The summed E-state index contributed by atoms with van der Waals surface area (Å²) in [5.41, 5.74) is 0. The highest BCUT2D eigenvalue weighted by atomic mass is 32.2. The molecule has 1 aliphatic rings. The van der Waals surface area contributed by atoms with E-state index < -0.39 is 0 Å². The van der Waals surface area contributed by atoms with Crippen molar-refractivity contribution in [2.75, 3.05) is 31.9 Å². The molecule has 0 atom stereocenters. The van der Waals surface area contributed by atoms with Gasteiger partial charge in [0.25, 0.3) is 0 Å². The Kier molecular flexibility index (Phi) is 7.09. The molecule has 1 aromatic carbocycles. The molecule has 1 aliphatic heterocycles. The lowest BCUT2D eigenvalue weighted by molar-refractivity contribution is -0.129. The number of hydrogen-bond donors (Lipinski definition) is 2. The van der Waals surface area contributed by atoms with E-state index in [1.807, 2.05) is 23.1 Å². The van der Waals surface area contributed by atoms with Gasteiger partial charge in [0.05, 0.1) is 0 Å². The molecule has 0 spiro atoms. The van der Waals surface area contributed by atoms with Crippen LogP contribution >= 0.6 is 11.8 Å². The maximum Gasteiger partial charge on any atom is 0.314 e. The molecule has 120 valence electrons. The van der Waals surface area contributed by atoms with E-state index in [0.29, 0.717) is 19.5 Å². The quantitative estimate of drug-likeness (QED) is 0.597. The average molecular weight is 321 g/mol. The summed E-state index contributed by atoms with van der Waals surface area (Å²) in [6.07, 6.45) is 2.57. The zero-order valence-corrected chi connectivity index (χ0v) is 13.5. The Bertz CT molecular complexity index is 476. The third-order valence-electron chi connectivity index (χ3n) is 3.48. The Morgan fingerprint density at radius 1 is 1.05 bits per heavy atom. The maximum absolute atomic E-state index is 11.8. The highest BCUT2D eigenvalue weighted by Crippen LogP contribution is 2.15. The van der Waals surface area contributed by atoms with Crippen LogP contribution < -0.4 is 10.6 Å². The van der Waals surface area contributed by atoms with Crippen molar-refractivity contribution in [1.82, 2.24) is 15.5 Å². The van der Waals surface area contributed by atoms with Crippen molar-refractivity contribution < 1.29 is 9.59 Å². The van der Waals surface area contributed by atoms with Crippen molar-refractivity contribution in [2.45, 2.75) is 24.2 Å². The molecule has 1 heterocycles. The first-order chi connectivity index (χ1) is 10.8. The van der Waals surface area contributed by atoms with Gasteiger partial charge in [-0.15, -0.1) is 11.8 Å². The van der Waals surface area contributed by atoms with Gasteiger partial charge in [-0.05, 0) is 25.0 Å². The van der Waals surface area contributed by atoms with Crippen LogP contribution in [0.5, 0.6) is 0 Å². The van der Waals surface area contributed by atoms with Crippen LogP contribution in [0.1, 0.15) is 19.3 Å². The number of hydrogen-bond acceptors (Lipinski definition) is 3. The first-order valence-corrected chi connectivity index (χ1v) is 8.71. The molecule has 2 N–H and O–H groups in total. The lowest BCUT2D eigenvalue weighted by Crippen LogP contribution is -2.39. The Morgan fingerprint density at radius 2 is 1.73 bits per heavy atom. The lowest BCUT2D eigenvalue weighted by Gasteiger charge is -2.15. The summed E-state index contributed by atoms with van der Waals surface area (Å²) in [7, 11) is 0. The number of amides is 3. The minimum Gasteiger partial charge on any atom is -0.343 e. The summed E-state index contributed by atoms with van der Waals surface area (Å²) in [6.45, 7) is 2.72. The largest absolute Gasteiger partial charge is 0.343 e. The Balaban J connectivity index is 1.50. The van der Waals surface area contributed by atoms with Crippen molar-refractivity contribution in [2.24, 2.45) is 0 Å². The van der Waals surface area contributed by atoms with Crippen LogP contribution in [-0.4, -0.2) is 48.8 Å². The third-order valence-corrected chi connectivity index (χ3v) is 4.50. The lowest BCUT2D eigenvalue weighted by atomic mass is 10.3. The Morgan fingerprint density at radius 3 is 2.45 bits per heavy atom. The predicted molar refractivity (Wildman–Crippen MR) is 89.0 cm³/mol. The number of benzene rings is 1. The van der Waals surface area contributed by atoms with Gasteiger partial charge < -0.3 is 15.5 Å². The van der Waals surface area contributed by atoms with Crippen LogP contribution in [-0.2, 0) is 4.79 Å². The van der Waals surface area contributed by atoms with Crippen molar-refractivity contribution in [3.05, 3.63) is 30.3 Å². The second-order valence-electron chi connectivity index (χ2n) is 5.18. The van der Waals surface area contributed by atoms with Gasteiger partial charge >= 0.3 is 6.03 Å². The molecular weight excluding hydrogens is 298 g/mol. The molecule has 3 amide bonds. The van der Waals surface area contributed by atoms with Gasteiger partial charge in [0, 0.05) is 43.2 Å². The monoisotopic (exact) mass is 321 g/mol. The Labute approximate surface area is 135 Å². The number of carbonyl (C=O) groups is 2. The van der Waals surface area contributed by atoms with E-state index in [4.69, 9.17) is 0 Å². The van der Waals surface area contributed by atoms with Gasteiger partial charge in [0.1, 0.15) is 0 Å². The van der Waals surface area contributed by atoms with Crippen LogP contribution in [0.25, 0.3) is 0 Å². The van der Waals surface area contributed by atoms with Gasteiger partial charge in [0.2, 0.25) is 5.91 Å². The van der Waals surface area contributed by atoms with Crippen molar-refractivity contribution in [1.29, 1.82) is 0 Å². The second kappa shape index (κ2) is 9.35. The first-order valence-electron chi connectivity index (χ1n) is 7.73. The van der Waals surface area contributed by atoms with E-state index in [0.717, 1.165) is 31.7 Å². The highest BCUT2D eigenvalue weighted by Gasteiger charge is 2.17. The number of carbonyl (C=O) groups excluding carboxylic acids is 2. The second-order valence-corrected chi connectivity index (χ2v) is 6.35. The van der Waals surface area contributed by atoms with Crippen LogP contribution in [0.4, 0.5) is 4.79 Å². The summed E-state index contributed by atoms with van der Waals surface area (Å²) < 4.78 is 0. The van der Waals surface area contributed by atoms with Crippen LogP contribution in [0, 0.1) is 0 Å². The molecular formula is C16H23N3O2S. The average Bonchev–Trinajstić information content (AvgIpc) is 3.07. The molecule has 1 fully saturated rings. The molecule has 1 saturated heterocycles. The zero-order chi connectivity index (χ0) is 15.6. The topological polar surface area (TPSA) is 61.4 Å². The number of rotatable bonds is 7. The molecule has 0 aromatic heterocycles. The molecule has 2 rings (SSSR count). The Hall–Kier alpha value is -1.69. The van der Waals surface area contributed by atoms with E-state index >= 15 is 0 Å². The van der Waals surface area contributed by atoms with E-state index in [-0.39, 0.29) is 11.9 Å². The molecule has 5 nitrogen and oxygen atoms in total. The minimum absolute atomic E-state index is 0.137. The van der Waals surface area contributed by atoms with E-state index in [2.05, 4.69) is 22.8 Å². The third kappa shape index (κ3) is 5.97. The van der Waals surface area contributed by atoms with Crippen LogP contribution in [0.3, 0.4) is 0 Å². The number of nitrogens with one attached hydrogen (secondary N) is 2. The minimum atomic E-state index is -0.206. The summed E-state index contributed by atoms with van der Waals surface area (Å²) in [5.74, 6) is 0.960. The van der Waals surface area contributed by atoms with Gasteiger partial charge in [-0.25, -0.2) is 4.79 Å². The molecule has 1 aromatic rings. The maximum atomic E-state index is 11.8. The highest BCUT2D eigenvalue weighted by molar-refractivity contribution is 7.99. The standard InChI is InChI=1S/C16H23N3O2S/c20-15(19-11-4-5-12-19)8-9-17-16(21)18-10-13-22-14-6-2-1-3-7-14/h1-3,6-7H,4-5,8-13H2,(H2,17,18,21). The van der Waals surface area contributed by atoms with Crippen LogP contribution in [0.15, 0.2) is 35.2 Å². The van der Waals surface area contributed by atoms with E-state index in [9.17, 15) is 9.59 Å². The van der Waals surface area contributed by atoms with Gasteiger partial charge in [-0.2, -0.15) is 0 Å². The van der Waals surface area contributed by atoms with E-state index in [1.165, 1.54) is 4.90 Å². The first kappa shape index (κ1) is 16.7. The predicted octanol–water partition coefficient (Wildman–Crippen LogP) is 2.09. The molecule has 6 heteroatoms. The van der Waals surface area contributed by atoms with Crippen LogP contribution in [0.2, 0.25) is 0 Å². The van der Waals surface area contributed by atoms with E-state index in [1.54, 1.807) is 11.8 Å². The number of nitrogens with zero attached hydrogens (tertiary/aromatic N) is 1. The molecule has 0 saturated carbocycles. The van der Waals surface area contributed by atoms with Crippen molar-refractivity contribution in [3.8, 4) is 0 Å². The number of likely N-dealkylation sites (tertiary alicyclic amines) is 1. The van der Waals surface area contributed by atoms with Gasteiger partial charge in [-0.3, -0.25) is 4.79 Å². The zero-order valence-electron chi connectivity index (χ0n) is 12.7. The van der Waals surface area contributed by atoms with Crippen molar-refractivity contribution in [3.63, 3.8) is 0 Å². The molecule has 0 unspecified atom stereocenters. The smallest absolute Gasteiger partial charge is 0.314 e. The van der Waals surface area contributed by atoms with Gasteiger partial charge in [0.15, 0.2) is 0 Å². The normalized spacial score (nSPS) is 13.9. The number of urea groups is 1. The summed E-state index contributed by atoms with van der Waals surface area (Å²) >= 11 is 1.70. The fourth-order valence-electron chi connectivity index (χ4n) is 2.32. The fraction of sp³-hybridized carbons (Fsp3) is 0.500. The van der Waals surface area contributed by atoms with Gasteiger partial charge in [-0.1, -0.05) is 18.2 Å². The molecule has 0 radical (unpaired) electrons.